The van der Waals surface area contributed by atoms with Gasteiger partial charge in [0.2, 0.25) is 0 Å². The molecule has 0 unspecified atom stereocenters. The summed E-state index contributed by atoms with van der Waals surface area (Å²) in [7, 11) is 1.64. The molecule has 23 heavy (non-hydrogen) atoms. The number of ether oxygens (including phenoxy) is 1. The van der Waals surface area contributed by atoms with Gasteiger partial charge >= 0.3 is 0 Å². The van der Waals surface area contributed by atoms with E-state index in [0.717, 1.165) is 22.1 Å². The molecule has 0 heterocycles. The van der Waals surface area contributed by atoms with E-state index in [4.69, 9.17) is 16.3 Å². The van der Waals surface area contributed by atoms with Crippen LogP contribution in [-0.2, 0) is 0 Å². The maximum Gasteiger partial charge on any atom is 0.185 e. The van der Waals surface area contributed by atoms with Crippen LogP contribution in [0.15, 0.2) is 66.7 Å². The van der Waals surface area contributed by atoms with Crippen molar-refractivity contribution in [1.29, 1.82) is 0 Å². The number of halogens is 1. The van der Waals surface area contributed by atoms with Gasteiger partial charge in [0.1, 0.15) is 5.75 Å². The molecule has 0 N–H and O–H groups in total. The van der Waals surface area contributed by atoms with Crippen molar-refractivity contribution in [2.75, 3.05) is 7.11 Å². The van der Waals surface area contributed by atoms with Crippen LogP contribution in [0.3, 0.4) is 0 Å². The fourth-order valence-corrected chi connectivity index (χ4v) is 2.62. The zero-order valence-corrected chi connectivity index (χ0v) is 13.4. The lowest BCUT2D eigenvalue weighted by molar-refractivity contribution is 0.104. The van der Waals surface area contributed by atoms with E-state index in [1.807, 2.05) is 36.4 Å². The van der Waals surface area contributed by atoms with Gasteiger partial charge in [0.05, 0.1) is 7.11 Å². The molecule has 0 saturated heterocycles. The molecule has 3 rings (SSSR count). The van der Waals surface area contributed by atoms with Crippen LogP contribution in [0, 0.1) is 0 Å². The minimum absolute atomic E-state index is 0.0723. The Balaban J connectivity index is 1.94. The van der Waals surface area contributed by atoms with Gasteiger partial charge in [-0.1, -0.05) is 48.0 Å². The van der Waals surface area contributed by atoms with E-state index in [-0.39, 0.29) is 5.78 Å². The summed E-state index contributed by atoms with van der Waals surface area (Å²) in [5, 5.41) is 2.74. The highest BCUT2D eigenvalue weighted by atomic mass is 35.5. The van der Waals surface area contributed by atoms with E-state index in [2.05, 4.69) is 0 Å². The lowest BCUT2D eigenvalue weighted by Crippen LogP contribution is -1.94. The van der Waals surface area contributed by atoms with Gasteiger partial charge in [-0.15, -0.1) is 0 Å². The fraction of sp³-hybridized carbons (Fsp3) is 0.0500. The molecule has 0 aliphatic carbocycles. The number of hydrogen-bond donors (Lipinski definition) is 0. The van der Waals surface area contributed by atoms with Crippen LogP contribution in [0.2, 0.25) is 5.02 Å². The number of fused-ring (bicyclic) bond motifs is 1. The first-order chi connectivity index (χ1) is 11.2. The van der Waals surface area contributed by atoms with Crippen molar-refractivity contribution in [3.05, 3.63) is 82.9 Å². The standard InChI is InChI=1S/C20H15ClO2/c1-23-20-16(7-6-14-4-2-3-5-18(14)20)10-13-19(22)15-8-11-17(21)12-9-15/h2-13H,1H3/b13-10+. The molecule has 0 radical (unpaired) electrons. The average molecular weight is 323 g/mol. The van der Waals surface area contributed by atoms with Crippen LogP contribution in [0.4, 0.5) is 0 Å². The smallest absolute Gasteiger partial charge is 0.185 e. The summed E-state index contributed by atoms with van der Waals surface area (Å²) in [6, 6.07) is 18.8. The van der Waals surface area contributed by atoms with Crippen LogP contribution in [0.1, 0.15) is 15.9 Å². The van der Waals surface area contributed by atoms with Gasteiger partial charge in [0.25, 0.3) is 0 Å². The second-order valence-corrected chi connectivity index (χ2v) is 5.55. The third-order valence-corrected chi connectivity index (χ3v) is 3.91. The van der Waals surface area contributed by atoms with Crippen LogP contribution in [0.25, 0.3) is 16.8 Å². The van der Waals surface area contributed by atoms with Gasteiger partial charge in [-0.3, -0.25) is 4.79 Å². The molecule has 0 spiro atoms. The normalized spacial score (nSPS) is 11.0. The molecule has 114 valence electrons. The fourth-order valence-electron chi connectivity index (χ4n) is 2.49. The highest BCUT2D eigenvalue weighted by Gasteiger charge is 2.07. The Morgan fingerprint density at radius 2 is 1.74 bits per heavy atom. The number of carbonyl (C=O) groups excluding carboxylic acids is 1. The third-order valence-electron chi connectivity index (χ3n) is 3.66. The number of hydrogen-bond acceptors (Lipinski definition) is 2. The predicted octanol–water partition coefficient (Wildman–Crippen LogP) is 5.40. The Hall–Kier alpha value is -2.58. The maximum atomic E-state index is 12.2. The van der Waals surface area contributed by atoms with Gasteiger partial charge in [-0.2, -0.15) is 0 Å². The van der Waals surface area contributed by atoms with E-state index in [1.54, 1.807) is 43.5 Å². The van der Waals surface area contributed by atoms with Crippen LogP contribution in [-0.4, -0.2) is 12.9 Å². The van der Waals surface area contributed by atoms with Crippen molar-refractivity contribution in [2.45, 2.75) is 0 Å². The number of methoxy groups -OCH3 is 1. The largest absolute Gasteiger partial charge is 0.495 e. The SMILES string of the molecule is COc1c(/C=C/C(=O)c2ccc(Cl)cc2)ccc2ccccc12. The minimum Gasteiger partial charge on any atom is -0.495 e. The molecule has 2 nitrogen and oxygen atoms in total. The molecule has 0 aromatic heterocycles. The highest BCUT2D eigenvalue weighted by Crippen LogP contribution is 2.30. The van der Waals surface area contributed by atoms with Crippen molar-refractivity contribution in [2.24, 2.45) is 0 Å². The number of ketones is 1. The molecular formula is C20H15ClO2. The van der Waals surface area contributed by atoms with Gasteiger partial charge in [0.15, 0.2) is 5.78 Å². The average Bonchev–Trinajstić information content (AvgIpc) is 2.59. The lowest BCUT2D eigenvalue weighted by Gasteiger charge is -2.09. The highest BCUT2D eigenvalue weighted by molar-refractivity contribution is 6.30. The Morgan fingerprint density at radius 1 is 1.00 bits per heavy atom. The Morgan fingerprint density at radius 3 is 2.48 bits per heavy atom. The predicted molar refractivity (Wildman–Crippen MR) is 95.3 cm³/mol. The van der Waals surface area contributed by atoms with E-state index in [0.29, 0.717) is 10.6 Å². The van der Waals surface area contributed by atoms with Crippen LogP contribution in [0.5, 0.6) is 5.75 Å². The topological polar surface area (TPSA) is 26.3 Å². The molecule has 0 fully saturated rings. The van der Waals surface area contributed by atoms with E-state index in [1.165, 1.54) is 0 Å². The first-order valence-electron chi connectivity index (χ1n) is 7.23. The monoisotopic (exact) mass is 322 g/mol. The molecule has 3 heteroatoms. The Labute approximate surface area is 140 Å². The Kier molecular flexibility index (Phi) is 4.45. The summed E-state index contributed by atoms with van der Waals surface area (Å²) in [4.78, 5) is 12.2. The minimum atomic E-state index is -0.0723. The van der Waals surface area contributed by atoms with Crippen molar-refractivity contribution in [1.82, 2.24) is 0 Å². The van der Waals surface area contributed by atoms with Crippen molar-refractivity contribution >= 4 is 34.2 Å². The molecule has 3 aromatic carbocycles. The second-order valence-electron chi connectivity index (χ2n) is 5.11. The summed E-state index contributed by atoms with van der Waals surface area (Å²) in [5.41, 5.74) is 1.47. The number of carbonyl (C=O) groups is 1. The van der Waals surface area contributed by atoms with Gasteiger partial charge < -0.3 is 4.74 Å². The Bertz CT molecular complexity index is 880. The summed E-state index contributed by atoms with van der Waals surface area (Å²) >= 11 is 5.84. The molecule has 0 aliphatic rings. The third kappa shape index (κ3) is 3.27. The van der Waals surface area contributed by atoms with E-state index >= 15 is 0 Å². The van der Waals surface area contributed by atoms with Gasteiger partial charge in [0, 0.05) is 21.5 Å². The molecule has 0 atom stereocenters. The van der Waals surface area contributed by atoms with E-state index < -0.39 is 0 Å². The van der Waals surface area contributed by atoms with Gasteiger partial charge in [-0.25, -0.2) is 0 Å². The van der Waals surface area contributed by atoms with Crippen LogP contribution < -0.4 is 4.74 Å². The summed E-state index contributed by atoms with van der Waals surface area (Å²) < 4.78 is 5.53. The summed E-state index contributed by atoms with van der Waals surface area (Å²) in [5.74, 6) is 0.695. The first kappa shape index (κ1) is 15.3. The molecule has 0 bridgehead atoms. The molecular weight excluding hydrogens is 308 g/mol. The number of benzene rings is 3. The molecule has 0 amide bonds. The number of rotatable bonds is 4. The van der Waals surface area contributed by atoms with Crippen molar-refractivity contribution in [3.63, 3.8) is 0 Å². The van der Waals surface area contributed by atoms with Crippen LogP contribution >= 0.6 is 11.6 Å². The zero-order valence-electron chi connectivity index (χ0n) is 12.6. The molecule has 3 aromatic rings. The molecule has 0 aliphatic heterocycles. The van der Waals surface area contributed by atoms with Crippen molar-refractivity contribution < 1.29 is 9.53 Å². The second kappa shape index (κ2) is 6.67. The van der Waals surface area contributed by atoms with E-state index in [9.17, 15) is 4.79 Å². The summed E-state index contributed by atoms with van der Waals surface area (Å²) in [6.07, 6.45) is 3.33. The zero-order chi connectivity index (χ0) is 16.2. The van der Waals surface area contributed by atoms with Crippen molar-refractivity contribution in [3.8, 4) is 5.75 Å². The number of allylic oxidation sites excluding steroid dienone is 1. The maximum absolute atomic E-state index is 12.2. The quantitative estimate of drug-likeness (QED) is 0.475. The molecule has 0 saturated carbocycles. The summed E-state index contributed by atoms with van der Waals surface area (Å²) in [6.45, 7) is 0. The lowest BCUT2D eigenvalue weighted by atomic mass is 10.0. The van der Waals surface area contributed by atoms with Gasteiger partial charge in [-0.05, 0) is 41.8 Å². The first-order valence-corrected chi connectivity index (χ1v) is 7.60.